The van der Waals surface area contributed by atoms with Gasteiger partial charge < -0.3 is 14.6 Å². The van der Waals surface area contributed by atoms with Crippen LogP contribution in [0.1, 0.15) is 13.8 Å². The van der Waals surface area contributed by atoms with E-state index in [2.05, 4.69) is 0 Å². The Morgan fingerprint density at radius 2 is 2.11 bits per heavy atom. The molecule has 1 N–H and O–H groups in total. The molecule has 56 valence electrons. The number of ether oxygens (including phenoxy) is 2. The van der Waals surface area contributed by atoms with Crippen molar-refractivity contribution in [2.24, 2.45) is 0 Å². The summed E-state index contributed by atoms with van der Waals surface area (Å²) in [4.78, 5) is 0. The van der Waals surface area contributed by atoms with Crippen molar-refractivity contribution in [3.63, 3.8) is 0 Å². The zero-order chi connectivity index (χ0) is 7.11. The Balaban J connectivity index is 2.75. The maximum absolute atomic E-state index is 8.25. The van der Waals surface area contributed by atoms with Crippen LogP contribution in [0.5, 0.6) is 0 Å². The average molecular weight is 134 g/mol. The lowest BCUT2D eigenvalue weighted by Crippen LogP contribution is -2.09. The highest BCUT2D eigenvalue weighted by Gasteiger charge is 1.90. The average Bonchev–Trinajstić information content (AvgIpc) is 1.80. The van der Waals surface area contributed by atoms with Crippen molar-refractivity contribution >= 4 is 0 Å². The Kier molecular flexibility index (Phi) is 5.93. The minimum Gasteiger partial charge on any atom is -0.394 e. The topological polar surface area (TPSA) is 38.7 Å². The van der Waals surface area contributed by atoms with E-state index < -0.39 is 0 Å². The molecule has 0 spiro atoms. The molecule has 0 saturated carbocycles. The summed E-state index contributed by atoms with van der Waals surface area (Å²) in [5, 5.41) is 8.25. The van der Waals surface area contributed by atoms with Gasteiger partial charge in [0.2, 0.25) is 0 Å². The highest BCUT2D eigenvalue weighted by molar-refractivity contribution is 4.30. The minimum atomic E-state index is 0.0570. The fourth-order valence-electron chi connectivity index (χ4n) is 0.308. The maximum atomic E-state index is 8.25. The molecule has 0 aromatic heterocycles. The zero-order valence-corrected chi connectivity index (χ0v) is 5.96. The predicted molar refractivity (Wildman–Crippen MR) is 34.1 cm³/mol. The molecule has 0 rings (SSSR count). The van der Waals surface area contributed by atoms with Crippen molar-refractivity contribution < 1.29 is 14.6 Å². The zero-order valence-electron chi connectivity index (χ0n) is 5.96. The molecule has 0 bridgehead atoms. The van der Waals surface area contributed by atoms with Crippen LogP contribution in [-0.2, 0) is 9.47 Å². The molecule has 3 nitrogen and oxygen atoms in total. The number of hydrogen-bond donors (Lipinski definition) is 1. The van der Waals surface area contributed by atoms with Crippen LogP contribution >= 0.6 is 0 Å². The van der Waals surface area contributed by atoms with Gasteiger partial charge in [-0.2, -0.15) is 0 Å². The fraction of sp³-hybridized carbons (Fsp3) is 1.00. The quantitative estimate of drug-likeness (QED) is 0.436. The molecule has 0 heterocycles. The van der Waals surface area contributed by atoms with E-state index in [0.29, 0.717) is 6.61 Å². The summed E-state index contributed by atoms with van der Waals surface area (Å²) in [7, 11) is 0. The Bertz CT molecular complexity index is 54.3. The molecule has 0 fully saturated rings. The third kappa shape index (κ3) is 7.88. The monoisotopic (exact) mass is 134 g/mol. The van der Waals surface area contributed by atoms with Crippen LogP contribution in [-0.4, -0.2) is 31.2 Å². The third-order valence-corrected chi connectivity index (χ3v) is 0.720. The van der Waals surface area contributed by atoms with Gasteiger partial charge in [-0.15, -0.1) is 0 Å². The van der Waals surface area contributed by atoms with Crippen molar-refractivity contribution in [2.45, 2.75) is 20.0 Å². The molecule has 9 heavy (non-hydrogen) atoms. The van der Waals surface area contributed by atoms with E-state index in [4.69, 9.17) is 14.6 Å². The first-order valence-corrected chi connectivity index (χ1v) is 3.07. The second-order valence-electron chi connectivity index (χ2n) is 1.97. The van der Waals surface area contributed by atoms with Crippen molar-refractivity contribution in [3.8, 4) is 0 Å². The van der Waals surface area contributed by atoms with Crippen molar-refractivity contribution in [1.29, 1.82) is 0 Å². The fourth-order valence-corrected chi connectivity index (χ4v) is 0.308. The second kappa shape index (κ2) is 6.01. The first-order valence-electron chi connectivity index (χ1n) is 3.07. The molecule has 0 aromatic rings. The molecule has 0 saturated heterocycles. The van der Waals surface area contributed by atoms with Crippen LogP contribution in [0.4, 0.5) is 0 Å². The lowest BCUT2D eigenvalue weighted by atomic mass is 10.5. The smallest absolute Gasteiger partial charge is 0.147 e. The van der Waals surface area contributed by atoms with Crippen molar-refractivity contribution in [1.82, 2.24) is 0 Å². The Morgan fingerprint density at radius 1 is 1.44 bits per heavy atom. The molecule has 0 amide bonds. The summed E-state index contributed by atoms with van der Waals surface area (Å²) < 4.78 is 9.83. The predicted octanol–water partition coefficient (Wildman–Crippen LogP) is 0.378. The van der Waals surface area contributed by atoms with Gasteiger partial charge in [0, 0.05) is 0 Å². The van der Waals surface area contributed by atoms with E-state index in [-0.39, 0.29) is 19.5 Å². The number of aliphatic hydroxyl groups excluding tert-OH is 1. The summed E-state index contributed by atoms with van der Waals surface area (Å²) in [6.45, 7) is 4.55. The van der Waals surface area contributed by atoms with Crippen LogP contribution in [0.2, 0.25) is 0 Å². The van der Waals surface area contributed by atoms with Gasteiger partial charge in [-0.25, -0.2) is 0 Å². The molecular weight excluding hydrogens is 120 g/mol. The molecule has 0 aliphatic heterocycles. The normalized spacial score (nSPS) is 10.7. The summed E-state index contributed by atoms with van der Waals surface area (Å²) in [6.07, 6.45) is 0.198. The van der Waals surface area contributed by atoms with Crippen LogP contribution in [0.25, 0.3) is 0 Å². The Labute approximate surface area is 55.6 Å². The molecule has 0 atom stereocenters. The second-order valence-corrected chi connectivity index (χ2v) is 1.97. The highest BCUT2D eigenvalue weighted by Crippen LogP contribution is 1.86. The van der Waals surface area contributed by atoms with Gasteiger partial charge in [-0.1, -0.05) is 0 Å². The SMILES string of the molecule is CC(C)OCOCCO. The summed E-state index contributed by atoms with van der Waals surface area (Å²) in [5.74, 6) is 0. The van der Waals surface area contributed by atoms with Crippen LogP contribution in [0.15, 0.2) is 0 Å². The number of rotatable bonds is 5. The van der Waals surface area contributed by atoms with Crippen LogP contribution < -0.4 is 0 Å². The Hall–Kier alpha value is -0.120. The van der Waals surface area contributed by atoms with E-state index in [1.807, 2.05) is 13.8 Å². The van der Waals surface area contributed by atoms with Gasteiger partial charge in [-0.05, 0) is 13.8 Å². The largest absolute Gasteiger partial charge is 0.394 e. The lowest BCUT2D eigenvalue weighted by Gasteiger charge is -2.06. The van der Waals surface area contributed by atoms with Gasteiger partial charge in [-0.3, -0.25) is 0 Å². The lowest BCUT2D eigenvalue weighted by molar-refractivity contribution is -0.0849. The third-order valence-electron chi connectivity index (χ3n) is 0.720. The van der Waals surface area contributed by atoms with Crippen LogP contribution in [0.3, 0.4) is 0 Å². The molecular formula is C6H14O3. The molecule has 0 radical (unpaired) electrons. The summed E-state index contributed by atoms with van der Waals surface area (Å²) in [6, 6.07) is 0. The first-order chi connectivity index (χ1) is 4.27. The standard InChI is InChI=1S/C6H14O3/c1-6(2)9-5-8-4-3-7/h6-7H,3-5H2,1-2H3. The van der Waals surface area contributed by atoms with E-state index in [1.165, 1.54) is 0 Å². The van der Waals surface area contributed by atoms with E-state index in [9.17, 15) is 0 Å². The molecule has 0 aliphatic carbocycles. The maximum Gasteiger partial charge on any atom is 0.147 e. The number of hydrogen-bond acceptors (Lipinski definition) is 3. The van der Waals surface area contributed by atoms with Crippen LogP contribution in [0, 0.1) is 0 Å². The van der Waals surface area contributed by atoms with Crippen molar-refractivity contribution in [3.05, 3.63) is 0 Å². The highest BCUT2D eigenvalue weighted by atomic mass is 16.7. The summed E-state index contributed by atoms with van der Waals surface area (Å²) >= 11 is 0. The molecule has 0 aliphatic rings. The van der Waals surface area contributed by atoms with Crippen molar-refractivity contribution in [2.75, 3.05) is 20.0 Å². The van der Waals surface area contributed by atoms with Gasteiger partial charge in [0.15, 0.2) is 0 Å². The molecule has 0 unspecified atom stereocenters. The number of aliphatic hydroxyl groups is 1. The van der Waals surface area contributed by atoms with E-state index in [0.717, 1.165) is 0 Å². The summed E-state index contributed by atoms with van der Waals surface area (Å²) in [5.41, 5.74) is 0. The Morgan fingerprint density at radius 3 is 2.56 bits per heavy atom. The molecule has 3 heteroatoms. The van der Waals surface area contributed by atoms with E-state index >= 15 is 0 Å². The van der Waals surface area contributed by atoms with Gasteiger partial charge in [0.05, 0.1) is 19.3 Å². The van der Waals surface area contributed by atoms with Gasteiger partial charge in [0.25, 0.3) is 0 Å². The first kappa shape index (κ1) is 8.88. The van der Waals surface area contributed by atoms with E-state index in [1.54, 1.807) is 0 Å². The molecule has 0 aromatic carbocycles. The minimum absolute atomic E-state index is 0.0570. The van der Waals surface area contributed by atoms with Gasteiger partial charge in [0.1, 0.15) is 6.79 Å². The van der Waals surface area contributed by atoms with Gasteiger partial charge >= 0.3 is 0 Å².